The van der Waals surface area contributed by atoms with E-state index in [-0.39, 0.29) is 18.3 Å². The monoisotopic (exact) mass is 443 g/mol. The van der Waals surface area contributed by atoms with Gasteiger partial charge in [-0.25, -0.2) is 14.6 Å². The Labute approximate surface area is 167 Å². The maximum atomic E-state index is 12.2. The minimum atomic E-state index is -0.248. The number of halogens is 1. The van der Waals surface area contributed by atoms with Crippen LogP contribution in [0.15, 0.2) is 63.3 Å². The summed E-state index contributed by atoms with van der Waals surface area (Å²) in [4.78, 5) is 21.6. The Morgan fingerprint density at radius 2 is 2.11 bits per heavy atom. The van der Waals surface area contributed by atoms with E-state index < -0.39 is 0 Å². The molecule has 0 radical (unpaired) electrons. The van der Waals surface area contributed by atoms with E-state index in [1.807, 2.05) is 41.8 Å². The van der Waals surface area contributed by atoms with E-state index in [4.69, 9.17) is 4.42 Å². The molecule has 1 aromatic carbocycles. The van der Waals surface area contributed by atoms with Crippen LogP contribution < -0.4 is 5.32 Å². The van der Waals surface area contributed by atoms with Crippen LogP contribution in [0.4, 0.5) is 5.95 Å². The number of nitrogens with zero attached hydrogens (tertiary/aromatic N) is 4. The van der Waals surface area contributed by atoms with Gasteiger partial charge in [0.2, 0.25) is 17.7 Å². The highest BCUT2D eigenvalue weighted by molar-refractivity contribution is 9.10. The summed E-state index contributed by atoms with van der Waals surface area (Å²) in [6.45, 7) is 0.573. The summed E-state index contributed by atoms with van der Waals surface area (Å²) in [7, 11) is 0. The molecule has 7 nitrogen and oxygen atoms in total. The fraction of sp³-hybridized carbons (Fsp3) is 0.111. The van der Waals surface area contributed by atoms with Crippen LogP contribution in [0.2, 0.25) is 0 Å². The molecule has 4 aromatic rings. The smallest absolute Gasteiger partial charge is 0.248 e. The van der Waals surface area contributed by atoms with Crippen molar-refractivity contribution < 1.29 is 9.21 Å². The van der Waals surface area contributed by atoms with Crippen LogP contribution in [0.5, 0.6) is 0 Å². The third kappa shape index (κ3) is 4.50. The number of amides is 1. The molecule has 1 N–H and O–H groups in total. The molecular weight excluding hydrogens is 430 g/mol. The average molecular weight is 444 g/mol. The van der Waals surface area contributed by atoms with Gasteiger partial charge in [0.05, 0.1) is 23.5 Å². The maximum absolute atomic E-state index is 12.2. The number of carbonyl (C=O) groups is 1. The number of aromatic nitrogens is 4. The summed E-state index contributed by atoms with van der Waals surface area (Å²) < 4.78 is 8.11. The van der Waals surface area contributed by atoms with Crippen LogP contribution in [-0.4, -0.2) is 25.7 Å². The maximum Gasteiger partial charge on any atom is 0.248 e. The third-order valence-electron chi connectivity index (χ3n) is 3.67. The van der Waals surface area contributed by atoms with Crippen LogP contribution in [0.1, 0.15) is 11.3 Å². The van der Waals surface area contributed by atoms with Crippen molar-refractivity contribution in [3.8, 4) is 10.8 Å². The summed E-state index contributed by atoms with van der Waals surface area (Å²) in [5.74, 6) is 0.534. The minimum Gasteiger partial charge on any atom is -0.444 e. The van der Waals surface area contributed by atoms with Crippen molar-refractivity contribution >= 4 is 39.1 Å². The third-order valence-corrected chi connectivity index (χ3v) is 5.06. The second-order valence-corrected chi connectivity index (χ2v) is 7.60. The predicted molar refractivity (Wildman–Crippen MR) is 105 cm³/mol. The lowest BCUT2D eigenvalue weighted by molar-refractivity contribution is -0.115. The Balaban J connectivity index is 1.34. The zero-order valence-electron chi connectivity index (χ0n) is 14.0. The first kappa shape index (κ1) is 17.6. The summed E-state index contributed by atoms with van der Waals surface area (Å²) >= 11 is 4.94. The Morgan fingerprint density at radius 1 is 1.26 bits per heavy atom. The van der Waals surface area contributed by atoms with Crippen LogP contribution in [0.3, 0.4) is 0 Å². The molecule has 136 valence electrons. The summed E-state index contributed by atoms with van der Waals surface area (Å²) in [6.07, 6.45) is 3.17. The van der Waals surface area contributed by atoms with Gasteiger partial charge in [0.25, 0.3) is 0 Å². The summed E-state index contributed by atoms with van der Waals surface area (Å²) in [6, 6.07) is 11.8. The first-order valence-corrected chi connectivity index (χ1v) is 9.75. The standard InChI is InChI=1S/C18H14BrN5O2S/c19-13-5-3-12(4-6-13)9-24-11-20-18(23-24)22-16(25)8-14-10-26-17(21-14)15-2-1-7-27-15/h1-7,10-11H,8-9H2,(H,22,23,25). The largest absolute Gasteiger partial charge is 0.444 e. The van der Waals surface area contributed by atoms with Crippen molar-refractivity contribution in [2.24, 2.45) is 0 Å². The highest BCUT2D eigenvalue weighted by Crippen LogP contribution is 2.23. The lowest BCUT2D eigenvalue weighted by atomic mass is 10.2. The van der Waals surface area contributed by atoms with Crippen molar-refractivity contribution in [2.45, 2.75) is 13.0 Å². The molecule has 0 aliphatic rings. The van der Waals surface area contributed by atoms with Gasteiger partial charge in [-0.2, -0.15) is 0 Å². The SMILES string of the molecule is O=C(Cc1coc(-c2cccs2)n1)Nc1ncn(Cc2ccc(Br)cc2)n1. The van der Waals surface area contributed by atoms with Crippen LogP contribution >= 0.6 is 27.3 Å². The van der Waals surface area contributed by atoms with Crippen molar-refractivity contribution in [3.05, 3.63) is 70.1 Å². The molecule has 3 heterocycles. The molecule has 4 rings (SSSR count). The van der Waals surface area contributed by atoms with Gasteiger partial charge in [0.1, 0.15) is 12.6 Å². The van der Waals surface area contributed by atoms with Crippen molar-refractivity contribution in [1.29, 1.82) is 0 Å². The fourth-order valence-corrected chi connectivity index (χ4v) is 3.36. The van der Waals surface area contributed by atoms with E-state index >= 15 is 0 Å². The number of hydrogen-bond acceptors (Lipinski definition) is 6. The Kier molecular flexibility index (Phi) is 5.12. The second kappa shape index (κ2) is 7.85. The first-order chi connectivity index (χ1) is 13.2. The number of oxazole rings is 1. The molecule has 0 atom stereocenters. The Hall–Kier alpha value is -2.78. The number of nitrogens with one attached hydrogen (secondary N) is 1. The van der Waals surface area contributed by atoms with E-state index in [0.29, 0.717) is 18.1 Å². The minimum absolute atomic E-state index is 0.0934. The van der Waals surface area contributed by atoms with E-state index in [9.17, 15) is 4.79 Å². The van der Waals surface area contributed by atoms with Crippen molar-refractivity contribution in [1.82, 2.24) is 19.7 Å². The van der Waals surface area contributed by atoms with Gasteiger partial charge in [-0.15, -0.1) is 16.4 Å². The van der Waals surface area contributed by atoms with Crippen LogP contribution in [0.25, 0.3) is 10.8 Å². The zero-order chi connectivity index (χ0) is 18.6. The number of carbonyl (C=O) groups excluding carboxylic acids is 1. The molecule has 0 spiro atoms. The quantitative estimate of drug-likeness (QED) is 0.486. The van der Waals surface area contributed by atoms with Crippen LogP contribution in [0, 0.1) is 0 Å². The van der Waals surface area contributed by atoms with Gasteiger partial charge in [0.15, 0.2) is 0 Å². The number of thiophene rings is 1. The fourth-order valence-electron chi connectivity index (χ4n) is 2.44. The molecule has 0 aliphatic heterocycles. The molecule has 0 unspecified atom stereocenters. The highest BCUT2D eigenvalue weighted by Gasteiger charge is 2.13. The Morgan fingerprint density at radius 3 is 2.89 bits per heavy atom. The van der Waals surface area contributed by atoms with E-state index in [1.54, 1.807) is 11.0 Å². The van der Waals surface area contributed by atoms with Gasteiger partial charge < -0.3 is 4.42 Å². The van der Waals surface area contributed by atoms with Gasteiger partial charge >= 0.3 is 0 Å². The predicted octanol–water partition coefficient (Wildman–Crippen LogP) is 3.99. The molecular formula is C18H14BrN5O2S. The molecule has 0 aliphatic carbocycles. The number of hydrogen-bond donors (Lipinski definition) is 1. The van der Waals surface area contributed by atoms with Gasteiger partial charge in [0, 0.05) is 4.47 Å². The van der Waals surface area contributed by atoms with Gasteiger partial charge in [-0.1, -0.05) is 34.1 Å². The molecule has 1 amide bonds. The van der Waals surface area contributed by atoms with E-state index in [2.05, 4.69) is 36.3 Å². The Bertz CT molecular complexity index is 1040. The number of rotatable bonds is 6. The summed E-state index contributed by atoms with van der Waals surface area (Å²) in [5.41, 5.74) is 1.65. The number of anilines is 1. The number of benzene rings is 1. The molecule has 27 heavy (non-hydrogen) atoms. The molecule has 9 heteroatoms. The van der Waals surface area contributed by atoms with E-state index in [0.717, 1.165) is 14.9 Å². The molecule has 3 aromatic heterocycles. The normalized spacial score (nSPS) is 10.9. The molecule has 0 bridgehead atoms. The first-order valence-electron chi connectivity index (χ1n) is 8.08. The van der Waals surface area contributed by atoms with Crippen LogP contribution in [-0.2, 0) is 17.8 Å². The lowest BCUT2D eigenvalue weighted by Gasteiger charge is -2.01. The van der Waals surface area contributed by atoms with Gasteiger partial charge in [-0.3, -0.25) is 10.1 Å². The van der Waals surface area contributed by atoms with Gasteiger partial charge in [-0.05, 0) is 29.1 Å². The lowest BCUT2D eigenvalue weighted by Crippen LogP contribution is -2.16. The molecule has 0 saturated carbocycles. The zero-order valence-corrected chi connectivity index (χ0v) is 16.4. The highest BCUT2D eigenvalue weighted by atomic mass is 79.9. The molecule has 0 saturated heterocycles. The second-order valence-electron chi connectivity index (χ2n) is 5.74. The van der Waals surface area contributed by atoms with Crippen molar-refractivity contribution in [2.75, 3.05) is 5.32 Å². The molecule has 0 fully saturated rings. The average Bonchev–Trinajstić information content (AvgIpc) is 3.39. The van der Waals surface area contributed by atoms with E-state index in [1.165, 1.54) is 17.6 Å². The summed E-state index contributed by atoms with van der Waals surface area (Å²) in [5, 5.41) is 8.90. The topological polar surface area (TPSA) is 85.8 Å². The van der Waals surface area contributed by atoms with Crippen molar-refractivity contribution in [3.63, 3.8) is 0 Å².